The van der Waals surface area contributed by atoms with Crippen LogP contribution in [0.5, 0.6) is 0 Å². The fraction of sp³-hybridized carbons (Fsp3) is 0.375. The predicted molar refractivity (Wildman–Crippen MR) is 124 cm³/mol. The highest BCUT2D eigenvalue weighted by atomic mass is 16.2. The van der Waals surface area contributed by atoms with Crippen molar-refractivity contribution in [3.05, 3.63) is 60.7 Å². The highest BCUT2D eigenvalue weighted by molar-refractivity contribution is 6.07. The zero-order valence-corrected chi connectivity index (χ0v) is 18.2. The molecule has 3 N–H and O–H groups in total. The second-order valence-corrected chi connectivity index (χ2v) is 7.25. The first-order valence-corrected chi connectivity index (χ1v) is 10.7. The first-order chi connectivity index (χ1) is 15.0. The van der Waals surface area contributed by atoms with Gasteiger partial charge in [-0.05, 0) is 29.3 Å². The first-order valence-electron chi connectivity index (χ1n) is 10.7. The van der Waals surface area contributed by atoms with Crippen LogP contribution >= 0.6 is 0 Å². The molecule has 0 atom stereocenters. The van der Waals surface area contributed by atoms with E-state index in [2.05, 4.69) is 18.8 Å². The third kappa shape index (κ3) is 6.93. The summed E-state index contributed by atoms with van der Waals surface area (Å²) in [6.45, 7) is 8.40. The molecule has 31 heavy (non-hydrogen) atoms. The summed E-state index contributed by atoms with van der Waals surface area (Å²) in [6, 6.07) is 13.7. The van der Waals surface area contributed by atoms with Crippen molar-refractivity contribution in [3.63, 3.8) is 0 Å². The van der Waals surface area contributed by atoms with Gasteiger partial charge in [-0.15, -0.1) is 0 Å². The van der Waals surface area contributed by atoms with Gasteiger partial charge in [0.2, 0.25) is 11.8 Å². The van der Waals surface area contributed by atoms with Crippen molar-refractivity contribution in [2.24, 2.45) is 5.73 Å². The minimum atomic E-state index is -0.0801. The molecule has 1 heterocycles. The molecule has 3 amide bonds. The number of unbranched alkanes of at least 4 members (excludes halogenated alkanes) is 1. The number of piperazine rings is 1. The molecule has 1 aliphatic heterocycles. The van der Waals surface area contributed by atoms with Gasteiger partial charge < -0.3 is 20.9 Å². The van der Waals surface area contributed by atoms with Crippen LogP contribution in [-0.2, 0) is 9.59 Å². The van der Waals surface area contributed by atoms with Gasteiger partial charge in [-0.25, -0.2) is 0 Å². The van der Waals surface area contributed by atoms with Crippen molar-refractivity contribution in [2.75, 3.05) is 39.3 Å². The Hall–Kier alpha value is -3.19. The van der Waals surface area contributed by atoms with Crippen molar-refractivity contribution < 1.29 is 14.4 Å². The second-order valence-electron chi connectivity index (χ2n) is 7.25. The molecule has 0 saturated carbocycles. The summed E-state index contributed by atoms with van der Waals surface area (Å²) < 4.78 is 0. The molecule has 7 heteroatoms. The average Bonchev–Trinajstić information content (AvgIpc) is 2.83. The summed E-state index contributed by atoms with van der Waals surface area (Å²) in [7, 11) is 0. The van der Waals surface area contributed by atoms with Crippen LogP contribution in [0.4, 0.5) is 0 Å². The number of hydrogen-bond acceptors (Lipinski definition) is 4. The van der Waals surface area contributed by atoms with E-state index in [1.165, 1.54) is 6.08 Å². The van der Waals surface area contributed by atoms with Gasteiger partial charge >= 0.3 is 0 Å². The van der Waals surface area contributed by atoms with Crippen molar-refractivity contribution >= 4 is 28.5 Å². The minimum absolute atomic E-state index is 0.0247. The van der Waals surface area contributed by atoms with Crippen LogP contribution in [0.1, 0.15) is 30.1 Å². The monoisotopic (exact) mass is 424 g/mol. The van der Waals surface area contributed by atoms with Crippen molar-refractivity contribution in [3.8, 4) is 0 Å². The molecule has 0 radical (unpaired) electrons. The standard InChI is InChI=1S/C17H19N3O2.C7H13NO/c18-12-16(21)19-8-10-20(11-9-19)17(22)15-7-3-5-13-4-1-2-6-14(13)15;1-3-5-6-8-7(9)4-2/h1-7H,8-12,18H2;4H,2-3,5-6H2,1H3,(H,8,9). The maximum atomic E-state index is 12.8. The van der Waals surface area contributed by atoms with Crippen LogP contribution in [0.3, 0.4) is 0 Å². The van der Waals surface area contributed by atoms with E-state index < -0.39 is 0 Å². The topological polar surface area (TPSA) is 95.7 Å². The summed E-state index contributed by atoms with van der Waals surface area (Å²) in [5.41, 5.74) is 6.10. The molecule has 0 aromatic heterocycles. The number of nitrogens with two attached hydrogens (primary N) is 1. The SMILES string of the molecule is C=CC(=O)NCCCC.NCC(=O)N1CCN(C(=O)c2cccc3ccccc23)CC1. The molecule has 0 unspecified atom stereocenters. The number of benzene rings is 2. The van der Waals surface area contributed by atoms with Gasteiger partial charge in [-0.2, -0.15) is 0 Å². The molecule has 1 aliphatic rings. The molecule has 1 fully saturated rings. The molecule has 3 rings (SSSR count). The molecule has 2 aromatic carbocycles. The van der Waals surface area contributed by atoms with E-state index in [0.717, 1.165) is 35.7 Å². The van der Waals surface area contributed by atoms with Gasteiger partial charge in [-0.3, -0.25) is 14.4 Å². The van der Waals surface area contributed by atoms with E-state index in [-0.39, 0.29) is 24.3 Å². The molecular weight excluding hydrogens is 392 g/mol. The highest BCUT2D eigenvalue weighted by Crippen LogP contribution is 2.20. The number of amides is 3. The van der Waals surface area contributed by atoms with Crippen LogP contribution in [0.25, 0.3) is 10.8 Å². The summed E-state index contributed by atoms with van der Waals surface area (Å²) in [4.78, 5) is 38.3. The lowest BCUT2D eigenvalue weighted by atomic mass is 10.0. The van der Waals surface area contributed by atoms with Crippen LogP contribution < -0.4 is 11.1 Å². The fourth-order valence-electron chi connectivity index (χ4n) is 3.33. The number of carbonyl (C=O) groups excluding carboxylic acids is 3. The van der Waals surface area contributed by atoms with Crippen LogP contribution in [0.15, 0.2) is 55.1 Å². The van der Waals surface area contributed by atoms with E-state index >= 15 is 0 Å². The third-order valence-corrected chi connectivity index (χ3v) is 5.13. The Balaban J connectivity index is 0.000000323. The maximum Gasteiger partial charge on any atom is 0.254 e. The third-order valence-electron chi connectivity index (χ3n) is 5.13. The minimum Gasteiger partial charge on any atom is -0.353 e. The normalized spacial score (nSPS) is 13.2. The van der Waals surface area contributed by atoms with E-state index in [1.54, 1.807) is 4.90 Å². The second kappa shape index (κ2) is 12.5. The van der Waals surface area contributed by atoms with Crippen molar-refractivity contribution in [1.82, 2.24) is 15.1 Å². The lowest BCUT2D eigenvalue weighted by Crippen LogP contribution is -2.51. The molecule has 0 bridgehead atoms. The number of rotatable bonds is 6. The number of carbonyl (C=O) groups is 3. The summed E-state index contributed by atoms with van der Waals surface area (Å²) in [6.07, 6.45) is 3.44. The molecular formula is C24H32N4O3. The molecule has 166 valence electrons. The fourth-order valence-corrected chi connectivity index (χ4v) is 3.33. The molecule has 1 saturated heterocycles. The van der Waals surface area contributed by atoms with Crippen molar-refractivity contribution in [2.45, 2.75) is 19.8 Å². The predicted octanol–water partition coefficient (Wildman–Crippen LogP) is 2.17. The zero-order valence-electron chi connectivity index (χ0n) is 18.2. The Labute approximate surface area is 183 Å². The number of nitrogens with zero attached hydrogens (tertiary/aromatic N) is 2. The molecule has 7 nitrogen and oxygen atoms in total. The van der Waals surface area contributed by atoms with E-state index in [4.69, 9.17) is 5.73 Å². The Morgan fingerprint density at radius 1 is 1.03 bits per heavy atom. The van der Waals surface area contributed by atoms with Gasteiger partial charge in [0, 0.05) is 38.3 Å². The average molecular weight is 425 g/mol. The van der Waals surface area contributed by atoms with Gasteiger partial charge in [0.15, 0.2) is 0 Å². The van der Waals surface area contributed by atoms with Gasteiger partial charge in [0.05, 0.1) is 6.54 Å². The number of nitrogens with one attached hydrogen (secondary N) is 1. The lowest BCUT2D eigenvalue weighted by molar-refractivity contribution is -0.131. The van der Waals surface area contributed by atoms with Crippen LogP contribution in [-0.4, -0.2) is 66.8 Å². The Bertz CT molecular complexity index is 899. The smallest absolute Gasteiger partial charge is 0.254 e. The first kappa shape index (κ1) is 24.1. The molecule has 0 spiro atoms. The summed E-state index contributed by atoms with van der Waals surface area (Å²) in [5, 5.41) is 4.70. The van der Waals surface area contributed by atoms with Crippen LogP contribution in [0.2, 0.25) is 0 Å². The van der Waals surface area contributed by atoms with E-state index in [0.29, 0.717) is 26.2 Å². The van der Waals surface area contributed by atoms with Gasteiger partial charge in [-0.1, -0.05) is 56.3 Å². The van der Waals surface area contributed by atoms with E-state index in [9.17, 15) is 14.4 Å². The summed E-state index contributed by atoms with van der Waals surface area (Å²) in [5.74, 6) is -0.114. The van der Waals surface area contributed by atoms with Crippen LogP contribution in [0, 0.1) is 0 Å². The molecule has 2 aromatic rings. The van der Waals surface area contributed by atoms with Gasteiger partial charge in [0.25, 0.3) is 5.91 Å². The van der Waals surface area contributed by atoms with Crippen molar-refractivity contribution in [1.29, 1.82) is 0 Å². The zero-order chi connectivity index (χ0) is 22.6. The Morgan fingerprint density at radius 2 is 1.68 bits per heavy atom. The van der Waals surface area contributed by atoms with Gasteiger partial charge in [0.1, 0.15) is 0 Å². The highest BCUT2D eigenvalue weighted by Gasteiger charge is 2.24. The Morgan fingerprint density at radius 3 is 2.32 bits per heavy atom. The lowest BCUT2D eigenvalue weighted by Gasteiger charge is -2.34. The largest absolute Gasteiger partial charge is 0.353 e. The Kier molecular flexibility index (Phi) is 9.71. The number of fused-ring (bicyclic) bond motifs is 1. The maximum absolute atomic E-state index is 12.8. The van der Waals surface area contributed by atoms with E-state index in [1.807, 2.05) is 47.4 Å². The number of hydrogen-bond donors (Lipinski definition) is 2. The summed E-state index contributed by atoms with van der Waals surface area (Å²) >= 11 is 0. The molecule has 0 aliphatic carbocycles. The quantitative estimate of drug-likeness (QED) is 0.549.